The molecule has 0 aromatic heterocycles. The molecule has 7 nitrogen and oxygen atoms in total. The van der Waals surface area contributed by atoms with Crippen LogP contribution in [-0.4, -0.2) is 82.0 Å². The van der Waals surface area contributed by atoms with Gasteiger partial charge in [-0.3, -0.25) is 9.59 Å². The first-order valence-electron chi connectivity index (χ1n) is 20.8. The Morgan fingerprint density at radius 3 is 1.44 bits per heavy atom. The first-order valence-corrected chi connectivity index (χ1v) is 32.5. The molecule has 1 unspecified atom stereocenters. The molecular weight excluding hydrogens is 741 g/mol. The van der Waals surface area contributed by atoms with E-state index in [2.05, 4.69) is 161 Å². The summed E-state index contributed by atoms with van der Waals surface area (Å²) in [6.45, 7) is 53.2. The standard InChI is InChI=1S/C43H88O7Si4/c1-25-27-31(3)37-43(16,48-37)38(50-54(23,24)42(13,14)15)34(30-47-52(19,20)40(7,8)9)36(45)33(29-46-51(17,18)39(4,5)6)35(28-32(44)26-2)49-53(21,22)41(10,11)12/h25,27,31,33-35,37-38H,26,28-30H2,1-24H3/b27-25-/t31-,33+,34-,35+,37+,38-,43?/m0/s1. The van der Waals surface area contributed by atoms with Crippen LogP contribution >= 0.6 is 0 Å². The van der Waals surface area contributed by atoms with Gasteiger partial charge in [0.2, 0.25) is 0 Å². The summed E-state index contributed by atoms with van der Waals surface area (Å²) >= 11 is 0. The minimum absolute atomic E-state index is 0.00194. The Kier molecular flexibility index (Phi) is 17.2. The quantitative estimate of drug-likeness (QED) is 0.0686. The van der Waals surface area contributed by atoms with Crippen LogP contribution in [0.3, 0.4) is 0 Å². The summed E-state index contributed by atoms with van der Waals surface area (Å²) in [5.74, 6) is -1.15. The van der Waals surface area contributed by atoms with Gasteiger partial charge in [0.1, 0.15) is 17.2 Å². The fraction of sp³-hybridized carbons (Fsp3) is 0.907. The van der Waals surface area contributed by atoms with Gasteiger partial charge in [-0.1, -0.05) is 109 Å². The van der Waals surface area contributed by atoms with Crippen molar-refractivity contribution in [1.29, 1.82) is 0 Å². The van der Waals surface area contributed by atoms with Gasteiger partial charge >= 0.3 is 0 Å². The molecule has 1 aliphatic heterocycles. The van der Waals surface area contributed by atoms with Gasteiger partial charge in [-0.25, -0.2) is 0 Å². The largest absolute Gasteiger partial charge is 0.416 e. The van der Waals surface area contributed by atoms with E-state index >= 15 is 4.79 Å². The molecule has 1 saturated heterocycles. The minimum Gasteiger partial charge on any atom is -0.416 e. The van der Waals surface area contributed by atoms with Crippen molar-refractivity contribution in [3.05, 3.63) is 12.2 Å². The number of ether oxygens (including phenoxy) is 1. The Bertz CT molecular complexity index is 1280. The summed E-state index contributed by atoms with van der Waals surface area (Å²) in [5.41, 5.74) is -0.717. The molecule has 318 valence electrons. The van der Waals surface area contributed by atoms with Crippen molar-refractivity contribution in [3.63, 3.8) is 0 Å². The summed E-state index contributed by atoms with van der Waals surface area (Å²) < 4.78 is 35.5. The maximum atomic E-state index is 16.0. The molecule has 1 aliphatic rings. The van der Waals surface area contributed by atoms with E-state index in [1.54, 1.807) is 0 Å². The SMILES string of the molecule is C/C=C\[C@H](C)[C@H]1OC1(C)[C@@H](O[Si](C)(C)C(C)(C)C)[C@@H](CO[Si](C)(C)C(C)(C)C)C(=O)[C@H](CO[Si](C)(C)C(C)(C)C)[C@@H](CC(=O)CC)O[Si](C)(C)C(C)(C)C. The monoisotopic (exact) mass is 829 g/mol. The zero-order valence-corrected chi connectivity index (χ0v) is 43.8. The number of Topliss-reactive ketones (excluding diaryl/α,β-unsaturated/α-hetero) is 2. The molecule has 1 fully saturated rings. The lowest BCUT2D eigenvalue weighted by Crippen LogP contribution is -2.57. The van der Waals surface area contributed by atoms with Crippen LogP contribution in [0.1, 0.15) is 124 Å². The van der Waals surface area contributed by atoms with Crippen LogP contribution in [0.5, 0.6) is 0 Å². The molecule has 0 aromatic carbocycles. The van der Waals surface area contributed by atoms with Crippen LogP contribution in [0.15, 0.2) is 12.2 Å². The van der Waals surface area contributed by atoms with Crippen molar-refractivity contribution in [2.24, 2.45) is 17.8 Å². The van der Waals surface area contributed by atoms with Gasteiger partial charge in [-0.2, -0.15) is 0 Å². The zero-order valence-electron chi connectivity index (χ0n) is 39.8. The van der Waals surface area contributed by atoms with Crippen LogP contribution in [0.2, 0.25) is 72.5 Å². The molecule has 0 aliphatic carbocycles. The van der Waals surface area contributed by atoms with E-state index in [9.17, 15) is 4.79 Å². The van der Waals surface area contributed by atoms with E-state index in [1.807, 2.05) is 13.8 Å². The molecule has 0 aromatic rings. The smallest absolute Gasteiger partial charge is 0.192 e. The zero-order chi connectivity index (χ0) is 42.9. The molecule has 1 heterocycles. The maximum Gasteiger partial charge on any atom is 0.192 e. The van der Waals surface area contributed by atoms with E-state index in [1.165, 1.54) is 0 Å². The average molecular weight is 830 g/mol. The Morgan fingerprint density at radius 2 is 1.07 bits per heavy atom. The lowest BCUT2D eigenvalue weighted by atomic mass is 9.79. The molecular formula is C43H88O7Si4. The topological polar surface area (TPSA) is 83.6 Å². The number of hydrogen-bond donors (Lipinski definition) is 0. The fourth-order valence-electron chi connectivity index (χ4n) is 5.78. The molecule has 0 amide bonds. The number of rotatable bonds is 20. The van der Waals surface area contributed by atoms with Crippen LogP contribution in [-0.2, 0) is 32.0 Å². The molecule has 0 saturated carbocycles. The van der Waals surface area contributed by atoms with E-state index in [-0.39, 0.29) is 63.4 Å². The van der Waals surface area contributed by atoms with Gasteiger partial charge < -0.3 is 22.4 Å². The predicted molar refractivity (Wildman–Crippen MR) is 240 cm³/mol. The third-order valence-electron chi connectivity index (χ3n) is 14.1. The second kappa shape index (κ2) is 17.9. The van der Waals surface area contributed by atoms with Crippen molar-refractivity contribution in [2.45, 2.75) is 220 Å². The third-order valence-corrected chi connectivity index (χ3v) is 32.1. The Labute approximate surface area is 338 Å². The van der Waals surface area contributed by atoms with E-state index < -0.39 is 62.9 Å². The highest BCUT2D eigenvalue weighted by Gasteiger charge is 2.65. The molecule has 7 atom stereocenters. The second-order valence-corrected chi connectivity index (χ2v) is 41.8. The van der Waals surface area contributed by atoms with Crippen LogP contribution in [0.25, 0.3) is 0 Å². The summed E-state index contributed by atoms with van der Waals surface area (Å²) in [7, 11) is -9.57. The predicted octanol–water partition coefficient (Wildman–Crippen LogP) is 12.4. The number of ketones is 2. The minimum atomic E-state index is -2.47. The Morgan fingerprint density at radius 1 is 0.685 bits per heavy atom. The molecule has 1 rings (SSSR count). The maximum absolute atomic E-state index is 16.0. The Balaban J connectivity index is 4.25. The normalized spacial score (nSPS) is 22.6. The van der Waals surface area contributed by atoms with E-state index in [4.69, 9.17) is 22.4 Å². The second-order valence-electron chi connectivity index (χ2n) is 22.7. The number of allylic oxidation sites excluding steroid dienone is 1. The molecule has 11 heteroatoms. The van der Waals surface area contributed by atoms with Crippen LogP contribution in [0.4, 0.5) is 0 Å². The van der Waals surface area contributed by atoms with Crippen molar-refractivity contribution >= 4 is 44.8 Å². The highest BCUT2D eigenvalue weighted by molar-refractivity contribution is 6.75. The molecule has 0 bridgehead atoms. The van der Waals surface area contributed by atoms with Crippen molar-refractivity contribution < 1.29 is 32.0 Å². The van der Waals surface area contributed by atoms with Crippen LogP contribution < -0.4 is 0 Å². The highest BCUT2D eigenvalue weighted by atomic mass is 28.4. The number of hydrogen-bond acceptors (Lipinski definition) is 7. The number of epoxide rings is 1. The lowest BCUT2D eigenvalue weighted by Gasteiger charge is -2.46. The van der Waals surface area contributed by atoms with Gasteiger partial charge in [0.25, 0.3) is 0 Å². The number of carbonyl (C=O) groups is 2. The van der Waals surface area contributed by atoms with E-state index in [0.717, 1.165) is 0 Å². The van der Waals surface area contributed by atoms with Crippen molar-refractivity contribution in [2.75, 3.05) is 13.2 Å². The molecule has 0 spiro atoms. The van der Waals surface area contributed by atoms with Gasteiger partial charge in [-0.05, 0) is 86.4 Å². The molecule has 0 N–H and O–H groups in total. The summed E-state index contributed by atoms with van der Waals surface area (Å²) in [5, 5.41) is -0.370. The average Bonchev–Trinajstić information content (AvgIpc) is 3.66. The fourth-order valence-corrected chi connectivity index (χ4v) is 10.6. The van der Waals surface area contributed by atoms with Crippen LogP contribution in [0, 0.1) is 17.8 Å². The molecule has 0 radical (unpaired) electrons. The molecule has 54 heavy (non-hydrogen) atoms. The first kappa shape index (κ1) is 51.8. The highest BCUT2D eigenvalue weighted by Crippen LogP contribution is 2.52. The van der Waals surface area contributed by atoms with Crippen molar-refractivity contribution in [1.82, 2.24) is 0 Å². The van der Waals surface area contributed by atoms with Crippen molar-refractivity contribution in [3.8, 4) is 0 Å². The van der Waals surface area contributed by atoms with Gasteiger partial charge in [0, 0.05) is 32.0 Å². The number of carbonyl (C=O) groups excluding carboxylic acids is 2. The van der Waals surface area contributed by atoms with Gasteiger partial charge in [0.15, 0.2) is 33.3 Å². The first-order chi connectivity index (χ1) is 23.8. The Hall–Kier alpha value is -0.252. The summed E-state index contributed by atoms with van der Waals surface area (Å²) in [4.78, 5) is 29.5. The van der Waals surface area contributed by atoms with E-state index in [0.29, 0.717) is 6.42 Å². The van der Waals surface area contributed by atoms with Gasteiger partial charge in [0.05, 0.1) is 30.1 Å². The summed E-state index contributed by atoms with van der Waals surface area (Å²) in [6, 6.07) is 0. The lowest BCUT2D eigenvalue weighted by molar-refractivity contribution is -0.139. The summed E-state index contributed by atoms with van der Waals surface area (Å²) in [6.07, 6.45) is 3.48. The third kappa shape index (κ3) is 12.9. The van der Waals surface area contributed by atoms with Gasteiger partial charge in [-0.15, -0.1) is 0 Å².